The van der Waals surface area contributed by atoms with Crippen LogP contribution in [0.2, 0.25) is 0 Å². The van der Waals surface area contributed by atoms with Crippen LogP contribution in [0.25, 0.3) is 0 Å². The van der Waals surface area contributed by atoms with Crippen molar-refractivity contribution in [2.45, 2.75) is 27.3 Å². The molecule has 0 aliphatic rings. The molecule has 5 heteroatoms. The minimum absolute atomic E-state index is 0.164. The summed E-state index contributed by atoms with van der Waals surface area (Å²) in [5, 5.41) is 9.58. The van der Waals surface area contributed by atoms with Gasteiger partial charge < -0.3 is 14.4 Å². The maximum atomic E-state index is 11.9. The quantitative estimate of drug-likeness (QED) is 0.781. The number of esters is 1. The highest BCUT2D eigenvalue weighted by Crippen LogP contribution is 2.15. The number of aryl methyl sites for hydroxylation is 1. The van der Waals surface area contributed by atoms with Crippen molar-refractivity contribution in [2.24, 2.45) is 0 Å². The van der Waals surface area contributed by atoms with E-state index in [1.165, 1.54) is 10.6 Å². The van der Waals surface area contributed by atoms with Crippen molar-refractivity contribution in [3.63, 3.8) is 0 Å². The first-order valence-electron chi connectivity index (χ1n) is 5.13. The van der Waals surface area contributed by atoms with Gasteiger partial charge in [0.2, 0.25) is 0 Å². The van der Waals surface area contributed by atoms with Crippen molar-refractivity contribution in [1.29, 1.82) is 0 Å². The molecule has 0 bridgehead atoms. The van der Waals surface area contributed by atoms with Gasteiger partial charge in [-0.05, 0) is 20.8 Å². The maximum Gasteiger partial charge on any atom is 0.347 e. The lowest BCUT2D eigenvalue weighted by molar-refractivity contribution is 0.0520. The largest absolute Gasteiger partial charge is 0.507 e. The van der Waals surface area contributed by atoms with Crippen LogP contribution in [0.15, 0.2) is 10.9 Å². The standard InChI is InChI=1S/C11H15NO4/c1-4-12-7(3)6-8(13)9(10(12)14)11(15)16-5-2/h6,13H,4-5H2,1-3H3. The van der Waals surface area contributed by atoms with E-state index in [0.29, 0.717) is 12.2 Å². The fourth-order valence-corrected chi connectivity index (χ4v) is 1.54. The zero-order valence-electron chi connectivity index (χ0n) is 9.61. The van der Waals surface area contributed by atoms with Crippen LogP contribution in [-0.2, 0) is 11.3 Å². The molecule has 0 aromatic carbocycles. The summed E-state index contributed by atoms with van der Waals surface area (Å²) in [6.07, 6.45) is 0. The molecule has 1 rings (SSSR count). The maximum absolute atomic E-state index is 11.9. The van der Waals surface area contributed by atoms with E-state index in [0.717, 1.165) is 0 Å². The predicted molar refractivity (Wildman–Crippen MR) is 58.7 cm³/mol. The van der Waals surface area contributed by atoms with Crippen LogP contribution in [0.5, 0.6) is 5.75 Å². The van der Waals surface area contributed by atoms with Crippen LogP contribution >= 0.6 is 0 Å². The van der Waals surface area contributed by atoms with Gasteiger partial charge >= 0.3 is 5.97 Å². The van der Waals surface area contributed by atoms with E-state index in [-0.39, 0.29) is 17.9 Å². The molecule has 1 heterocycles. The number of hydrogen-bond donors (Lipinski definition) is 1. The third kappa shape index (κ3) is 2.08. The Morgan fingerprint density at radius 2 is 2.12 bits per heavy atom. The molecule has 0 spiro atoms. The summed E-state index contributed by atoms with van der Waals surface area (Å²) in [4.78, 5) is 23.3. The Labute approximate surface area is 93.3 Å². The molecular weight excluding hydrogens is 210 g/mol. The molecule has 0 unspecified atom stereocenters. The fourth-order valence-electron chi connectivity index (χ4n) is 1.54. The average Bonchev–Trinajstić information content (AvgIpc) is 2.17. The van der Waals surface area contributed by atoms with Gasteiger partial charge in [0.1, 0.15) is 5.75 Å². The number of carbonyl (C=O) groups is 1. The molecule has 16 heavy (non-hydrogen) atoms. The molecule has 5 nitrogen and oxygen atoms in total. The number of rotatable bonds is 3. The van der Waals surface area contributed by atoms with Gasteiger partial charge in [-0.15, -0.1) is 0 Å². The second kappa shape index (κ2) is 4.83. The molecule has 0 fully saturated rings. The topological polar surface area (TPSA) is 68.5 Å². The van der Waals surface area contributed by atoms with E-state index in [2.05, 4.69) is 0 Å². The number of aromatic nitrogens is 1. The van der Waals surface area contributed by atoms with Crippen molar-refractivity contribution in [1.82, 2.24) is 4.57 Å². The van der Waals surface area contributed by atoms with E-state index in [9.17, 15) is 14.7 Å². The lowest BCUT2D eigenvalue weighted by atomic mass is 10.2. The molecule has 0 aliphatic carbocycles. The minimum atomic E-state index is -0.785. The van der Waals surface area contributed by atoms with Crippen LogP contribution in [0.1, 0.15) is 29.9 Å². The average molecular weight is 225 g/mol. The van der Waals surface area contributed by atoms with Gasteiger partial charge in [0, 0.05) is 18.3 Å². The highest BCUT2D eigenvalue weighted by atomic mass is 16.5. The zero-order valence-corrected chi connectivity index (χ0v) is 9.61. The molecule has 0 radical (unpaired) electrons. The molecular formula is C11H15NO4. The second-order valence-corrected chi connectivity index (χ2v) is 3.32. The lowest BCUT2D eigenvalue weighted by Crippen LogP contribution is -2.28. The third-order valence-electron chi connectivity index (χ3n) is 2.28. The summed E-state index contributed by atoms with van der Waals surface area (Å²) in [6.45, 7) is 5.73. The summed E-state index contributed by atoms with van der Waals surface area (Å²) in [5.41, 5.74) is -0.203. The predicted octanol–water partition coefficient (Wildman–Crippen LogP) is 1.06. The molecule has 0 atom stereocenters. The van der Waals surface area contributed by atoms with Crippen LogP contribution in [0, 0.1) is 6.92 Å². The number of carbonyl (C=O) groups excluding carboxylic acids is 1. The normalized spacial score (nSPS) is 10.2. The van der Waals surface area contributed by atoms with Crippen LogP contribution in [0.4, 0.5) is 0 Å². The van der Waals surface area contributed by atoms with Crippen molar-refractivity contribution < 1.29 is 14.6 Å². The number of ether oxygens (including phenoxy) is 1. The Kier molecular flexibility index (Phi) is 3.71. The molecule has 1 N–H and O–H groups in total. The fraction of sp³-hybridized carbons (Fsp3) is 0.455. The van der Waals surface area contributed by atoms with Gasteiger partial charge in [-0.3, -0.25) is 4.79 Å². The van der Waals surface area contributed by atoms with E-state index in [4.69, 9.17) is 4.74 Å². The van der Waals surface area contributed by atoms with Crippen LogP contribution in [-0.4, -0.2) is 22.2 Å². The van der Waals surface area contributed by atoms with E-state index >= 15 is 0 Å². The Balaban J connectivity index is 3.40. The van der Waals surface area contributed by atoms with Gasteiger partial charge in [-0.1, -0.05) is 0 Å². The summed E-state index contributed by atoms with van der Waals surface area (Å²) >= 11 is 0. The van der Waals surface area contributed by atoms with Gasteiger partial charge in [-0.2, -0.15) is 0 Å². The summed E-state index contributed by atoms with van der Waals surface area (Å²) < 4.78 is 6.13. The highest BCUT2D eigenvalue weighted by molar-refractivity contribution is 5.91. The van der Waals surface area contributed by atoms with Crippen molar-refractivity contribution in [2.75, 3.05) is 6.61 Å². The van der Waals surface area contributed by atoms with Gasteiger partial charge in [0.15, 0.2) is 5.56 Å². The summed E-state index contributed by atoms with van der Waals surface area (Å²) in [7, 11) is 0. The molecule has 1 aromatic heterocycles. The number of hydrogen-bond acceptors (Lipinski definition) is 4. The lowest BCUT2D eigenvalue weighted by Gasteiger charge is -2.10. The van der Waals surface area contributed by atoms with Crippen molar-refractivity contribution >= 4 is 5.97 Å². The van der Waals surface area contributed by atoms with Gasteiger partial charge in [0.25, 0.3) is 5.56 Å². The van der Waals surface area contributed by atoms with Crippen molar-refractivity contribution in [3.8, 4) is 5.75 Å². The number of pyridine rings is 1. The highest BCUT2D eigenvalue weighted by Gasteiger charge is 2.19. The molecule has 88 valence electrons. The Morgan fingerprint density at radius 3 is 2.62 bits per heavy atom. The summed E-state index contributed by atoms with van der Waals surface area (Å²) in [6, 6.07) is 1.39. The Hall–Kier alpha value is -1.78. The van der Waals surface area contributed by atoms with Crippen LogP contribution in [0.3, 0.4) is 0 Å². The van der Waals surface area contributed by atoms with E-state index < -0.39 is 11.5 Å². The molecule has 0 saturated carbocycles. The van der Waals surface area contributed by atoms with Crippen LogP contribution < -0.4 is 5.56 Å². The number of aromatic hydroxyl groups is 1. The first-order valence-corrected chi connectivity index (χ1v) is 5.13. The first-order chi connectivity index (χ1) is 7.52. The monoisotopic (exact) mass is 225 g/mol. The zero-order chi connectivity index (χ0) is 12.3. The molecule has 0 amide bonds. The first kappa shape index (κ1) is 12.3. The van der Waals surface area contributed by atoms with E-state index in [1.54, 1.807) is 20.8 Å². The smallest absolute Gasteiger partial charge is 0.347 e. The van der Waals surface area contributed by atoms with Gasteiger partial charge in [-0.25, -0.2) is 4.79 Å². The Bertz CT molecular complexity index is 462. The van der Waals surface area contributed by atoms with Crippen molar-refractivity contribution in [3.05, 3.63) is 27.7 Å². The minimum Gasteiger partial charge on any atom is -0.507 e. The number of nitrogens with zero attached hydrogens (tertiary/aromatic N) is 1. The summed E-state index contributed by atoms with van der Waals surface area (Å²) in [5.74, 6) is -1.11. The third-order valence-corrected chi connectivity index (χ3v) is 2.28. The SMILES string of the molecule is CCOC(=O)c1c(O)cc(C)n(CC)c1=O. The van der Waals surface area contributed by atoms with Gasteiger partial charge in [0.05, 0.1) is 6.61 Å². The molecule has 1 aromatic rings. The van der Waals surface area contributed by atoms with E-state index in [1.807, 2.05) is 0 Å². The second-order valence-electron chi connectivity index (χ2n) is 3.32. The molecule has 0 aliphatic heterocycles. The molecule has 0 saturated heterocycles. The Morgan fingerprint density at radius 1 is 1.50 bits per heavy atom.